The number of amides is 2. The molecule has 1 heterocycles. The van der Waals surface area contributed by atoms with Crippen LogP contribution in [0.25, 0.3) is 0 Å². The molecule has 1 fully saturated rings. The smallest absolute Gasteiger partial charge is 0.298 e. The number of benzene rings is 1. The maximum absolute atomic E-state index is 12.2. The van der Waals surface area contributed by atoms with Crippen molar-refractivity contribution in [3.05, 3.63) is 35.4 Å². The van der Waals surface area contributed by atoms with Gasteiger partial charge in [0.1, 0.15) is 0 Å². The molecule has 1 aromatic rings. The van der Waals surface area contributed by atoms with Gasteiger partial charge < -0.3 is 10.2 Å². The Balaban J connectivity index is 1.77. The molecule has 4 nitrogen and oxygen atoms in total. The van der Waals surface area contributed by atoms with E-state index in [2.05, 4.69) is 24.1 Å². The summed E-state index contributed by atoms with van der Waals surface area (Å²) in [4.78, 5) is 25.6. The van der Waals surface area contributed by atoms with Crippen LogP contribution in [-0.4, -0.2) is 36.3 Å². The van der Waals surface area contributed by atoms with E-state index in [4.69, 9.17) is 0 Å². The summed E-state index contributed by atoms with van der Waals surface area (Å²) in [5.74, 6) is 5.53. The molecular weight excluding hydrogens is 288 g/mol. The monoisotopic (exact) mass is 312 g/mol. The molecule has 1 aromatic carbocycles. The van der Waals surface area contributed by atoms with Gasteiger partial charge in [0.05, 0.1) is 0 Å². The Morgan fingerprint density at radius 2 is 1.87 bits per heavy atom. The first-order valence-corrected chi connectivity index (χ1v) is 8.22. The molecule has 1 aliphatic rings. The molecule has 0 aromatic heterocycles. The number of piperidine rings is 1. The highest BCUT2D eigenvalue weighted by atomic mass is 16.2. The fourth-order valence-electron chi connectivity index (χ4n) is 2.76. The van der Waals surface area contributed by atoms with Crippen molar-refractivity contribution in [2.45, 2.75) is 33.1 Å². The number of nitrogens with one attached hydrogen (secondary N) is 1. The molecule has 1 saturated heterocycles. The highest BCUT2D eigenvalue weighted by Gasteiger charge is 2.22. The minimum Gasteiger partial charge on any atom is -0.352 e. The molecule has 0 aliphatic carbocycles. The quantitative estimate of drug-likeness (QED) is 0.867. The first-order chi connectivity index (χ1) is 11.1. The van der Waals surface area contributed by atoms with Crippen LogP contribution in [0.5, 0.6) is 0 Å². The highest BCUT2D eigenvalue weighted by Crippen LogP contribution is 2.16. The number of nitrogens with zero attached hydrogens (tertiary/aromatic N) is 1. The Morgan fingerprint density at radius 3 is 2.43 bits per heavy atom. The van der Waals surface area contributed by atoms with E-state index < -0.39 is 0 Å². The standard InChI is InChI=1S/C19H24N2O2/c1-3-5-18(22)21-12-10-16(11-13-21)14-20-19(23)17-8-6-15(4-2)7-9-17/h6-9,16H,4,10-14H2,1-2H3,(H,20,23). The van der Waals surface area contributed by atoms with E-state index in [1.54, 1.807) is 11.8 Å². The lowest BCUT2D eigenvalue weighted by Crippen LogP contribution is -2.41. The van der Waals surface area contributed by atoms with Gasteiger partial charge in [-0.3, -0.25) is 9.59 Å². The second-order valence-electron chi connectivity index (χ2n) is 5.87. The highest BCUT2D eigenvalue weighted by molar-refractivity contribution is 5.94. The van der Waals surface area contributed by atoms with Crippen LogP contribution in [0.3, 0.4) is 0 Å². The SMILES string of the molecule is CC#CC(=O)N1CCC(CNC(=O)c2ccc(CC)cc2)CC1. The first kappa shape index (κ1) is 17.1. The largest absolute Gasteiger partial charge is 0.352 e. The fourth-order valence-corrected chi connectivity index (χ4v) is 2.76. The van der Waals surface area contributed by atoms with Crippen molar-refractivity contribution < 1.29 is 9.59 Å². The van der Waals surface area contributed by atoms with E-state index in [1.165, 1.54) is 5.56 Å². The van der Waals surface area contributed by atoms with E-state index in [0.717, 1.165) is 32.4 Å². The van der Waals surface area contributed by atoms with Gasteiger partial charge in [-0.15, -0.1) is 0 Å². The van der Waals surface area contributed by atoms with Crippen LogP contribution in [-0.2, 0) is 11.2 Å². The Labute approximate surface area is 138 Å². The second-order valence-corrected chi connectivity index (χ2v) is 5.87. The molecule has 2 amide bonds. The topological polar surface area (TPSA) is 49.4 Å². The molecule has 1 N–H and O–H groups in total. The fraction of sp³-hybridized carbons (Fsp3) is 0.474. The van der Waals surface area contributed by atoms with Gasteiger partial charge in [0.2, 0.25) is 0 Å². The lowest BCUT2D eigenvalue weighted by Gasteiger charge is -2.30. The molecule has 4 heteroatoms. The lowest BCUT2D eigenvalue weighted by molar-refractivity contribution is -0.126. The molecule has 0 saturated carbocycles. The summed E-state index contributed by atoms with van der Waals surface area (Å²) in [7, 11) is 0. The Morgan fingerprint density at radius 1 is 1.22 bits per heavy atom. The third kappa shape index (κ3) is 4.85. The van der Waals surface area contributed by atoms with Crippen molar-refractivity contribution in [1.82, 2.24) is 10.2 Å². The van der Waals surface area contributed by atoms with Crippen molar-refractivity contribution in [2.75, 3.05) is 19.6 Å². The van der Waals surface area contributed by atoms with Crippen molar-refractivity contribution in [2.24, 2.45) is 5.92 Å². The van der Waals surface area contributed by atoms with E-state index in [0.29, 0.717) is 18.0 Å². The van der Waals surface area contributed by atoms with Crippen molar-refractivity contribution in [1.29, 1.82) is 0 Å². The molecule has 1 aliphatic heterocycles. The molecule has 122 valence electrons. The van der Waals surface area contributed by atoms with Gasteiger partial charge in [-0.1, -0.05) is 25.0 Å². The van der Waals surface area contributed by atoms with E-state index in [1.807, 2.05) is 24.3 Å². The molecule has 23 heavy (non-hydrogen) atoms. The minimum atomic E-state index is -0.0917. The summed E-state index contributed by atoms with van der Waals surface area (Å²) in [5, 5.41) is 3.01. The predicted octanol–water partition coefficient (Wildman–Crippen LogP) is 2.24. The van der Waals surface area contributed by atoms with E-state index >= 15 is 0 Å². The van der Waals surface area contributed by atoms with Gasteiger partial charge in [-0.2, -0.15) is 0 Å². The Kier molecular flexibility index (Phi) is 6.22. The summed E-state index contributed by atoms with van der Waals surface area (Å²) in [6.45, 7) is 5.87. The molecule has 0 radical (unpaired) electrons. The zero-order valence-corrected chi connectivity index (χ0v) is 13.9. The number of aryl methyl sites for hydroxylation is 1. The van der Waals surface area contributed by atoms with Gasteiger partial charge in [0.15, 0.2) is 0 Å². The number of carbonyl (C=O) groups is 2. The minimum absolute atomic E-state index is 0.0250. The Hall–Kier alpha value is -2.28. The number of rotatable bonds is 4. The summed E-state index contributed by atoms with van der Waals surface area (Å²) in [6.07, 6.45) is 2.79. The maximum atomic E-state index is 12.2. The number of hydrogen-bond donors (Lipinski definition) is 1. The predicted molar refractivity (Wildman–Crippen MR) is 90.9 cm³/mol. The summed E-state index contributed by atoms with van der Waals surface area (Å²) in [5.41, 5.74) is 1.93. The zero-order valence-electron chi connectivity index (χ0n) is 13.9. The average Bonchev–Trinajstić information content (AvgIpc) is 2.60. The number of carbonyl (C=O) groups excluding carboxylic acids is 2. The van der Waals surface area contributed by atoms with Crippen LogP contribution < -0.4 is 5.32 Å². The van der Waals surface area contributed by atoms with Crippen LogP contribution in [0.15, 0.2) is 24.3 Å². The number of hydrogen-bond acceptors (Lipinski definition) is 2. The molecule has 0 bridgehead atoms. The van der Waals surface area contributed by atoms with Gasteiger partial charge >= 0.3 is 0 Å². The van der Waals surface area contributed by atoms with Crippen LogP contribution in [0.4, 0.5) is 0 Å². The van der Waals surface area contributed by atoms with Crippen LogP contribution in [0.1, 0.15) is 42.6 Å². The summed E-state index contributed by atoms with van der Waals surface area (Å²) >= 11 is 0. The van der Waals surface area contributed by atoms with Gasteiger partial charge in [-0.05, 0) is 55.7 Å². The van der Waals surface area contributed by atoms with Crippen LogP contribution in [0.2, 0.25) is 0 Å². The normalized spacial score (nSPS) is 14.8. The van der Waals surface area contributed by atoms with Crippen LogP contribution >= 0.6 is 0 Å². The van der Waals surface area contributed by atoms with Gasteiger partial charge in [0.25, 0.3) is 11.8 Å². The first-order valence-electron chi connectivity index (χ1n) is 8.22. The molecule has 0 spiro atoms. The second kappa shape index (κ2) is 8.38. The maximum Gasteiger partial charge on any atom is 0.298 e. The third-order valence-corrected chi connectivity index (χ3v) is 4.31. The molecule has 0 unspecified atom stereocenters. The molecular formula is C19H24N2O2. The van der Waals surface area contributed by atoms with E-state index in [-0.39, 0.29) is 11.8 Å². The van der Waals surface area contributed by atoms with Crippen molar-refractivity contribution >= 4 is 11.8 Å². The molecule has 0 atom stereocenters. The number of likely N-dealkylation sites (tertiary alicyclic amines) is 1. The van der Waals surface area contributed by atoms with Crippen molar-refractivity contribution in [3.8, 4) is 11.8 Å². The van der Waals surface area contributed by atoms with Crippen LogP contribution in [0, 0.1) is 17.8 Å². The van der Waals surface area contributed by atoms with E-state index in [9.17, 15) is 9.59 Å². The van der Waals surface area contributed by atoms with Gasteiger partial charge in [-0.25, -0.2) is 0 Å². The third-order valence-electron chi connectivity index (χ3n) is 4.31. The zero-order chi connectivity index (χ0) is 16.7. The average molecular weight is 312 g/mol. The Bertz CT molecular complexity index is 602. The summed E-state index contributed by atoms with van der Waals surface area (Å²) < 4.78 is 0. The lowest BCUT2D eigenvalue weighted by atomic mass is 9.96. The van der Waals surface area contributed by atoms with Crippen molar-refractivity contribution in [3.63, 3.8) is 0 Å². The van der Waals surface area contributed by atoms with Gasteiger partial charge in [0, 0.05) is 25.2 Å². The summed E-state index contributed by atoms with van der Waals surface area (Å²) in [6, 6.07) is 7.74. The molecule has 2 rings (SSSR count).